The van der Waals surface area contributed by atoms with Gasteiger partial charge < -0.3 is 14.7 Å². The van der Waals surface area contributed by atoms with Gasteiger partial charge in [0.2, 0.25) is 5.91 Å². The normalized spacial score (nSPS) is 19.8. The number of aliphatic carboxylic acids is 1. The Kier molecular flexibility index (Phi) is 4.74. The first kappa shape index (κ1) is 17.0. The number of rotatable bonds is 5. The van der Waals surface area contributed by atoms with Gasteiger partial charge in [0.05, 0.1) is 19.2 Å². The average molecular weight is 343 g/mol. The average Bonchev–Trinajstić information content (AvgIpc) is 3.21. The topological polar surface area (TPSA) is 84.7 Å². The van der Waals surface area contributed by atoms with Gasteiger partial charge >= 0.3 is 5.97 Å². The maximum atomic E-state index is 12.6. The number of para-hydroxylation sites is 1. The van der Waals surface area contributed by atoms with Crippen LogP contribution in [0.3, 0.4) is 0 Å². The van der Waals surface area contributed by atoms with E-state index >= 15 is 0 Å². The number of carbonyl (C=O) groups excluding carboxylic acids is 1. The van der Waals surface area contributed by atoms with Crippen LogP contribution in [0.25, 0.3) is 0 Å². The van der Waals surface area contributed by atoms with Gasteiger partial charge in [-0.3, -0.25) is 14.3 Å². The highest BCUT2D eigenvalue weighted by atomic mass is 16.5. The van der Waals surface area contributed by atoms with Gasteiger partial charge in [0.15, 0.2) is 0 Å². The summed E-state index contributed by atoms with van der Waals surface area (Å²) in [6.07, 6.45) is 3.48. The molecule has 0 bridgehead atoms. The quantitative estimate of drug-likeness (QED) is 0.890. The number of likely N-dealkylation sites (tertiary alicyclic amines) is 1. The van der Waals surface area contributed by atoms with Gasteiger partial charge in [-0.05, 0) is 24.1 Å². The third-order valence-electron chi connectivity index (χ3n) is 4.59. The maximum absolute atomic E-state index is 12.6. The van der Waals surface area contributed by atoms with Crippen molar-refractivity contribution in [3.63, 3.8) is 0 Å². The van der Waals surface area contributed by atoms with Crippen molar-refractivity contribution in [3.05, 3.63) is 47.8 Å². The minimum Gasteiger partial charge on any atom is -0.496 e. The summed E-state index contributed by atoms with van der Waals surface area (Å²) in [6.45, 7) is 2.56. The summed E-state index contributed by atoms with van der Waals surface area (Å²) in [7, 11) is 1.56. The predicted octanol–water partition coefficient (Wildman–Crippen LogP) is 1.53. The maximum Gasteiger partial charge on any atom is 0.308 e. The number of carboxylic acid groups (broad SMARTS) is 1. The van der Waals surface area contributed by atoms with Crippen LogP contribution in [-0.2, 0) is 16.1 Å². The number of benzene rings is 1. The van der Waals surface area contributed by atoms with Crippen molar-refractivity contribution in [1.29, 1.82) is 0 Å². The van der Waals surface area contributed by atoms with Crippen molar-refractivity contribution in [2.75, 3.05) is 20.2 Å². The van der Waals surface area contributed by atoms with E-state index in [-0.39, 0.29) is 24.9 Å². The summed E-state index contributed by atoms with van der Waals surface area (Å²) < 4.78 is 6.94. The summed E-state index contributed by atoms with van der Waals surface area (Å²) in [5.74, 6) is -1.33. The molecular formula is C18H21N3O4. The van der Waals surface area contributed by atoms with Crippen LogP contribution in [0.1, 0.15) is 17.0 Å². The smallest absolute Gasteiger partial charge is 0.308 e. The van der Waals surface area contributed by atoms with E-state index in [4.69, 9.17) is 4.74 Å². The molecule has 25 heavy (non-hydrogen) atoms. The molecular weight excluding hydrogens is 322 g/mol. The fourth-order valence-electron chi connectivity index (χ4n) is 3.34. The number of ether oxygens (including phenoxy) is 1. The molecule has 0 spiro atoms. The second-order valence-electron chi connectivity index (χ2n) is 6.31. The standard InChI is InChI=1S/C18H21N3O4/c1-12-7-19-21(8-12)11-17(22)20-9-14(15(10-20)18(23)24)13-5-3-4-6-16(13)25-2/h3-8,14-15H,9-11H2,1-2H3,(H,23,24)/t14-,15+/m0/s1. The van der Waals surface area contributed by atoms with E-state index in [9.17, 15) is 14.7 Å². The molecule has 1 saturated heterocycles. The van der Waals surface area contributed by atoms with Crippen molar-refractivity contribution in [2.24, 2.45) is 5.92 Å². The fourth-order valence-corrected chi connectivity index (χ4v) is 3.34. The lowest BCUT2D eigenvalue weighted by molar-refractivity contribution is -0.141. The van der Waals surface area contributed by atoms with Crippen LogP contribution in [0.5, 0.6) is 5.75 Å². The largest absolute Gasteiger partial charge is 0.496 e. The van der Waals surface area contributed by atoms with E-state index in [1.165, 1.54) is 0 Å². The molecule has 1 amide bonds. The molecule has 7 heteroatoms. The Morgan fingerprint density at radius 2 is 2.08 bits per heavy atom. The Morgan fingerprint density at radius 3 is 2.72 bits per heavy atom. The molecule has 1 aromatic heterocycles. The highest BCUT2D eigenvalue weighted by molar-refractivity contribution is 5.79. The number of carbonyl (C=O) groups is 2. The first-order valence-corrected chi connectivity index (χ1v) is 8.12. The van der Waals surface area contributed by atoms with Gasteiger partial charge in [0.1, 0.15) is 12.3 Å². The zero-order valence-corrected chi connectivity index (χ0v) is 14.3. The second-order valence-corrected chi connectivity index (χ2v) is 6.31. The molecule has 0 radical (unpaired) electrons. The number of carboxylic acids is 1. The molecule has 2 aromatic rings. The number of hydrogen-bond acceptors (Lipinski definition) is 4. The first-order valence-electron chi connectivity index (χ1n) is 8.12. The number of aromatic nitrogens is 2. The summed E-state index contributed by atoms with van der Waals surface area (Å²) in [4.78, 5) is 25.9. The van der Waals surface area contributed by atoms with Crippen molar-refractivity contribution in [1.82, 2.24) is 14.7 Å². The van der Waals surface area contributed by atoms with Gasteiger partial charge in [-0.15, -0.1) is 0 Å². The molecule has 2 atom stereocenters. The van der Waals surface area contributed by atoms with E-state index in [0.717, 1.165) is 11.1 Å². The zero-order chi connectivity index (χ0) is 18.0. The lowest BCUT2D eigenvalue weighted by Crippen LogP contribution is -2.33. The number of amides is 1. The Morgan fingerprint density at radius 1 is 1.32 bits per heavy atom. The van der Waals surface area contributed by atoms with Crippen LogP contribution >= 0.6 is 0 Å². The van der Waals surface area contributed by atoms with Crippen LogP contribution in [0.4, 0.5) is 0 Å². The molecule has 1 fully saturated rings. The van der Waals surface area contributed by atoms with Crippen molar-refractivity contribution < 1.29 is 19.4 Å². The summed E-state index contributed by atoms with van der Waals surface area (Å²) in [6, 6.07) is 7.37. The first-order chi connectivity index (χ1) is 12.0. The van der Waals surface area contributed by atoms with Crippen molar-refractivity contribution in [3.8, 4) is 5.75 Å². The van der Waals surface area contributed by atoms with Crippen LogP contribution in [0.2, 0.25) is 0 Å². The Labute approximate surface area is 145 Å². The molecule has 0 saturated carbocycles. The molecule has 3 rings (SSSR count). The Balaban J connectivity index is 1.80. The molecule has 7 nitrogen and oxygen atoms in total. The highest BCUT2D eigenvalue weighted by Crippen LogP contribution is 2.37. The molecule has 2 heterocycles. The summed E-state index contributed by atoms with van der Waals surface area (Å²) in [5, 5.41) is 13.7. The van der Waals surface area contributed by atoms with Gasteiger partial charge in [0.25, 0.3) is 0 Å². The molecule has 1 N–H and O–H groups in total. The minimum atomic E-state index is -0.902. The van der Waals surface area contributed by atoms with E-state index < -0.39 is 11.9 Å². The minimum absolute atomic E-state index is 0.110. The van der Waals surface area contributed by atoms with E-state index in [1.807, 2.05) is 31.2 Å². The van der Waals surface area contributed by atoms with Gasteiger partial charge in [-0.1, -0.05) is 18.2 Å². The van der Waals surface area contributed by atoms with Crippen LogP contribution in [0.15, 0.2) is 36.7 Å². The summed E-state index contributed by atoms with van der Waals surface area (Å²) >= 11 is 0. The molecule has 0 unspecified atom stereocenters. The molecule has 132 valence electrons. The lowest BCUT2D eigenvalue weighted by atomic mass is 9.88. The van der Waals surface area contributed by atoms with Crippen LogP contribution in [-0.4, -0.2) is 51.9 Å². The van der Waals surface area contributed by atoms with Crippen molar-refractivity contribution >= 4 is 11.9 Å². The Hall–Kier alpha value is -2.83. The monoisotopic (exact) mass is 343 g/mol. The SMILES string of the molecule is COc1ccccc1[C@@H]1CN(C(=O)Cn2cc(C)cn2)C[C@H]1C(=O)O. The highest BCUT2D eigenvalue weighted by Gasteiger charge is 2.41. The third kappa shape index (κ3) is 3.50. The van der Waals surface area contributed by atoms with Gasteiger partial charge in [0, 0.05) is 25.2 Å². The number of hydrogen-bond donors (Lipinski definition) is 1. The van der Waals surface area contributed by atoms with Crippen molar-refractivity contribution in [2.45, 2.75) is 19.4 Å². The Bertz CT molecular complexity index is 786. The number of methoxy groups -OCH3 is 1. The van der Waals surface area contributed by atoms with Gasteiger partial charge in [-0.2, -0.15) is 5.10 Å². The zero-order valence-electron chi connectivity index (χ0n) is 14.3. The molecule has 1 aromatic carbocycles. The summed E-state index contributed by atoms with van der Waals surface area (Å²) in [5.41, 5.74) is 1.80. The van der Waals surface area contributed by atoms with E-state index in [2.05, 4.69) is 5.10 Å². The van der Waals surface area contributed by atoms with Crippen LogP contribution in [0, 0.1) is 12.8 Å². The lowest BCUT2D eigenvalue weighted by Gasteiger charge is -2.18. The van der Waals surface area contributed by atoms with Gasteiger partial charge in [-0.25, -0.2) is 0 Å². The number of nitrogens with zero attached hydrogens (tertiary/aromatic N) is 3. The predicted molar refractivity (Wildman–Crippen MR) is 90.4 cm³/mol. The second kappa shape index (κ2) is 6.96. The molecule has 1 aliphatic rings. The van der Waals surface area contributed by atoms with Crippen LogP contribution < -0.4 is 4.74 Å². The molecule has 1 aliphatic heterocycles. The van der Waals surface area contributed by atoms with E-state index in [1.54, 1.807) is 29.1 Å². The van der Waals surface area contributed by atoms with E-state index in [0.29, 0.717) is 12.3 Å². The molecule has 0 aliphatic carbocycles. The third-order valence-corrected chi connectivity index (χ3v) is 4.59. The number of aryl methyl sites for hydroxylation is 1. The fraction of sp³-hybridized carbons (Fsp3) is 0.389.